The van der Waals surface area contributed by atoms with Gasteiger partial charge in [0.2, 0.25) is 5.43 Å². The molecule has 0 bridgehead atoms. The lowest BCUT2D eigenvalue weighted by molar-refractivity contribution is -0.0492. The maximum atomic E-state index is 12.3. The zero-order valence-electron chi connectivity index (χ0n) is 9.79. The van der Waals surface area contributed by atoms with Gasteiger partial charge in [-0.25, -0.2) is 0 Å². The Balaban J connectivity index is 2.12. The van der Waals surface area contributed by atoms with Gasteiger partial charge < -0.3 is 20.2 Å². The minimum absolute atomic E-state index is 0.0205. The van der Waals surface area contributed by atoms with Crippen LogP contribution >= 0.6 is 0 Å². The molecule has 7 nitrogen and oxygen atoms in total. The highest BCUT2D eigenvalue weighted by Crippen LogP contribution is 2.23. The van der Waals surface area contributed by atoms with Crippen molar-refractivity contribution in [2.24, 2.45) is 0 Å². The van der Waals surface area contributed by atoms with Crippen LogP contribution in [0.15, 0.2) is 17.1 Å². The lowest BCUT2D eigenvalue weighted by Crippen LogP contribution is -2.62. The largest absolute Gasteiger partial charge is 0.502 e. The summed E-state index contributed by atoms with van der Waals surface area (Å²) < 4.78 is 6.85. The van der Waals surface area contributed by atoms with Crippen LogP contribution in [-0.2, 0) is 4.74 Å². The molecule has 0 saturated carbocycles. The Labute approximate surface area is 103 Å². The molecule has 2 aliphatic rings. The summed E-state index contributed by atoms with van der Waals surface area (Å²) in [7, 11) is 0. The van der Waals surface area contributed by atoms with E-state index in [1.807, 2.05) is 6.92 Å². The van der Waals surface area contributed by atoms with Gasteiger partial charge in [0.25, 0.3) is 5.91 Å². The number of fused-ring (bicyclic) bond motifs is 2. The molecule has 96 valence electrons. The van der Waals surface area contributed by atoms with Gasteiger partial charge in [0, 0.05) is 18.8 Å². The molecule has 1 aromatic heterocycles. The lowest BCUT2D eigenvalue weighted by Gasteiger charge is -2.44. The summed E-state index contributed by atoms with van der Waals surface area (Å²) in [4.78, 5) is 25.2. The van der Waals surface area contributed by atoms with E-state index in [-0.39, 0.29) is 23.9 Å². The van der Waals surface area contributed by atoms with Crippen molar-refractivity contribution >= 4 is 5.91 Å². The fourth-order valence-electron chi connectivity index (χ4n) is 2.34. The smallest absolute Gasteiger partial charge is 0.278 e. The fraction of sp³-hybridized carbons (Fsp3) is 0.455. The maximum Gasteiger partial charge on any atom is 0.278 e. The Morgan fingerprint density at radius 3 is 3.06 bits per heavy atom. The molecule has 0 spiro atoms. The van der Waals surface area contributed by atoms with Crippen molar-refractivity contribution in [3.63, 3.8) is 0 Å². The van der Waals surface area contributed by atoms with Gasteiger partial charge in [0.05, 0.1) is 12.7 Å². The Morgan fingerprint density at radius 1 is 1.50 bits per heavy atom. The standard InChI is InChI=1S/C11H13N3O4/c1-6-10-12-14-3-2-7(15)9(16)8(14)11(17)13(10)4-5-18-6/h2-3,6,10,12,16H,4-5H2,1H3. The maximum absolute atomic E-state index is 12.3. The van der Waals surface area contributed by atoms with E-state index in [1.165, 1.54) is 16.9 Å². The number of amides is 1. The number of hydrogen-bond donors (Lipinski definition) is 2. The summed E-state index contributed by atoms with van der Waals surface area (Å²) in [5.74, 6) is -0.878. The quantitative estimate of drug-likeness (QED) is 0.637. The molecule has 1 amide bonds. The highest BCUT2D eigenvalue weighted by atomic mass is 16.5. The molecule has 2 N–H and O–H groups in total. The average molecular weight is 251 g/mol. The Hall–Kier alpha value is -2.02. The summed E-state index contributed by atoms with van der Waals surface area (Å²) in [6.45, 7) is 2.75. The molecule has 0 aliphatic carbocycles. The fourth-order valence-corrected chi connectivity index (χ4v) is 2.34. The van der Waals surface area contributed by atoms with Crippen LogP contribution in [0.25, 0.3) is 0 Å². The van der Waals surface area contributed by atoms with E-state index >= 15 is 0 Å². The molecule has 18 heavy (non-hydrogen) atoms. The third-order valence-corrected chi connectivity index (χ3v) is 3.30. The predicted octanol–water partition coefficient (Wildman–Crippen LogP) is -0.702. The number of nitrogens with one attached hydrogen (secondary N) is 1. The third kappa shape index (κ3) is 1.40. The van der Waals surface area contributed by atoms with Crippen LogP contribution in [0.2, 0.25) is 0 Å². The number of hydrogen-bond acceptors (Lipinski definition) is 5. The number of aromatic hydroxyl groups is 1. The summed E-state index contributed by atoms with van der Waals surface area (Å²) in [5, 5.41) is 9.72. The summed E-state index contributed by atoms with van der Waals surface area (Å²) >= 11 is 0. The van der Waals surface area contributed by atoms with Gasteiger partial charge in [-0.2, -0.15) is 0 Å². The van der Waals surface area contributed by atoms with Crippen molar-refractivity contribution in [2.75, 3.05) is 18.6 Å². The molecular formula is C11H13N3O4. The van der Waals surface area contributed by atoms with E-state index in [0.29, 0.717) is 13.2 Å². The second kappa shape index (κ2) is 3.74. The number of ether oxygens (including phenoxy) is 1. The van der Waals surface area contributed by atoms with E-state index < -0.39 is 11.2 Å². The molecule has 7 heteroatoms. The first-order valence-electron chi connectivity index (χ1n) is 5.73. The molecule has 1 saturated heterocycles. The summed E-state index contributed by atoms with van der Waals surface area (Å²) in [6, 6.07) is 1.21. The van der Waals surface area contributed by atoms with Crippen LogP contribution in [0.1, 0.15) is 17.4 Å². The predicted molar refractivity (Wildman–Crippen MR) is 62.0 cm³/mol. The minimum atomic E-state index is -0.559. The summed E-state index contributed by atoms with van der Waals surface area (Å²) in [5.41, 5.74) is 2.47. The van der Waals surface area contributed by atoms with E-state index in [1.54, 1.807) is 4.90 Å². The van der Waals surface area contributed by atoms with Crippen molar-refractivity contribution in [3.05, 3.63) is 28.2 Å². The number of pyridine rings is 1. The van der Waals surface area contributed by atoms with Gasteiger partial charge in [-0.05, 0) is 6.92 Å². The second-order valence-electron chi connectivity index (χ2n) is 4.40. The second-order valence-corrected chi connectivity index (χ2v) is 4.40. The molecule has 1 aromatic rings. The lowest BCUT2D eigenvalue weighted by atomic mass is 10.1. The van der Waals surface area contributed by atoms with Crippen LogP contribution in [0.3, 0.4) is 0 Å². The summed E-state index contributed by atoms with van der Waals surface area (Å²) in [6.07, 6.45) is 0.992. The van der Waals surface area contributed by atoms with E-state index in [0.717, 1.165) is 0 Å². The van der Waals surface area contributed by atoms with Crippen LogP contribution in [0, 0.1) is 0 Å². The molecule has 0 radical (unpaired) electrons. The van der Waals surface area contributed by atoms with Crippen LogP contribution < -0.4 is 10.9 Å². The van der Waals surface area contributed by atoms with E-state index in [2.05, 4.69) is 5.43 Å². The van der Waals surface area contributed by atoms with Crippen LogP contribution in [-0.4, -0.2) is 46.0 Å². The van der Waals surface area contributed by atoms with Crippen molar-refractivity contribution in [3.8, 4) is 5.75 Å². The zero-order chi connectivity index (χ0) is 12.9. The SMILES string of the molecule is CC1OCCN2C(=O)c3c(O)c(=O)ccn3NC12. The van der Waals surface area contributed by atoms with Crippen molar-refractivity contribution < 1.29 is 14.6 Å². The topological polar surface area (TPSA) is 83.8 Å². The number of rotatable bonds is 0. The van der Waals surface area contributed by atoms with Gasteiger partial charge in [0.15, 0.2) is 11.4 Å². The highest BCUT2D eigenvalue weighted by molar-refractivity contribution is 5.96. The van der Waals surface area contributed by atoms with Gasteiger partial charge in [0.1, 0.15) is 6.17 Å². The number of morpholine rings is 1. The number of aromatic nitrogens is 1. The van der Waals surface area contributed by atoms with E-state index in [4.69, 9.17) is 4.74 Å². The molecule has 2 aliphatic heterocycles. The van der Waals surface area contributed by atoms with E-state index in [9.17, 15) is 14.7 Å². The average Bonchev–Trinajstić information content (AvgIpc) is 2.35. The van der Waals surface area contributed by atoms with Crippen molar-refractivity contribution in [2.45, 2.75) is 19.2 Å². The third-order valence-electron chi connectivity index (χ3n) is 3.30. The Kier molecular flexibility index (Phi) is 2.30. The first-order valence-corrected chi connectivity index (χ1v) is 5.73. The molecule has 1 fully saturated rings. The molecular weight excluding hydrogens is 238 g/mol. The number of carbonyl (C=O) groups excluding carboxylic acids is 1. The normalized spacial score (nSPS) is 26.3. The molecule has 0 aromatic carbocycles. The van der Waals surface area contributed by atoms with Gasteiger partial charge in [-0.3, -0.25) is 14.3 Å². The Bertz CT molecular complexity index is 568. The van der Waals surface area contributed by atoms with Crippen LogP contribution in [0.5, 0.6) is 5.75 Å². The van der Waals surface area contributed by atoms with Crippen molar-refractivity contribution in [1.29, 1.82) is 0 Å². The first kappa shape index (κ1) is 11.1. The molecule has 3 rings (SSSR count). The first-order chi connectivity index (χ1) is 8.59. The Morgan fingerprint density at radius 2 is 2.28 bits per heavy atom. The molecule has 2 atom stereocenters. The molecule has 2 unspecified atom stereocenters. The van der Waals surface area contributed by atoms with Crippen molar-refractivity contribution in [1.82, 2.24) is 9.58 Å². The molecule has 3 heterocycles. The number of nitrogens with zero attached hydrogens (tertiary/aromatic N) is 2. The van der Waals surface area contributed by atoms with Gasteiger partial charge in [-0.1, -0.05) is 0 Å². The monoisotopic (exact) mass is 251 g/mol. The highest BCUT2D eigenvalue weighted by Gasteiger charge is 2.39. The van der Waals surface area contributed by atoms with Crippen LogP contribution in [0.4, 0.5) is 0 Å². The van der Waals surface area contributed by atoms with Gasteiger partial charge >= 0.3 is 0 Å². The zero-order valence-corrected chi connectivity index (χ0v) is 9.79. The van der Waals surface area contributed by atoms with Gasteiger partial charge in [-0.15, -0.1) is 0 Å². The number of carbonyl (C=O) groups is 1. The minimum Gasteiger partial charge on any atom is -0.502 e.